The molecule has 5 heteroatoms. The van der Waals surface area contributed by atoms with Crippen molar-refractivity contribution in [3.05, 3.63) is 46.7 Å². The van der Waals surface area contributed by atoms with Gasteiger partial charge in [0, 0.05) is 5.69 Å². The van der Waals surface area contributed by atoms with Gasteiger partial charge in [0.1, 0.15) is 5.82 Å². The van der Waals surface area contributed by atoms with Crippen molar-refractivity contribution in [2.45, 2.75) is 19.4 Å². The fourth-order valence-corrected chi connectivity index (χ4v) is 1.97. The molecule has 0 aliphatic carbocycles. The first-order valence-electron chi connectivity index (χ1n) is 5.63. The molecular formula is C13H15BrFN3. The molecule has 3 nitrogen and oxygen atoms in total. The molecule has 0 fully saturated rings. The zero-order chi connectivity index (χ0) is 13.3. The van der Waals surface area contributed by atoms with Crippen LogP contribution in [0, 0.1) is 5.82 Å². The first-order valence-corrected chi connectivity index (χ1v) is 6.42. The zero-order valence-corrected chi connectivity index (χ0v) is 12.1. The Kier molecular flexibility index (Phi) is 3.54. The van der Waals surface area contributed by atoms with E-state index in [0.29, 0.717) is 4.47 Å². The van der Waals surface area contributed by atoms with Gasteiger partial charge in [-0.1, -0.05) is 0 Å². The molecule has 0 aliphatic heterocycles. The first-order chi connectivity index (χ1) is 8.45. The Bertz CT molecular complexity index is 563. The van der Waals surface area contributed by atoms with Crippen LogP contribution in [0.15, 0.2) is 35.2 Å². The maximum Gasteiger partial charge on any atom is 0.139 e. The Morgan fingerprint density at radius 3 is 2.72 bits per heavy atom. The van der Waals surface area contributed by atoms with E-state index in [0.717, 1.165) is 11.4 Å². The lowest BCUT2D eigenvalue weighted by molar-refractivity contribution is 0.424. The van der Waals surface area contributed by atoms with Gasteiger partial charge >= 0.3 is 0 Å². The van der Waals surface area contributed by atoms with Crippen LogP contribution in [0.5, 0.6) is 0 Å². The fraction of sp³-hybridized carbons (Fsp3) is 0.308. The van der Waals surface area contributed by atoms with Gasteiger partial charge in [-0.3, -0.25) is 0 Å². The van der Waals surface area contributed by atoms with Crippen molar-refractivity contribution in [3.63, 3.8) is 0 Å². The highest BCUT2D eigenvalue weighted by molar-refractivity contribution is 9.10. The number of benzene rings is 1. The minimum absolute atomic E-state index is 0.236. The van der Waals surface area contributed by atoms with Crippen molar-refractivity contribution in [1.29, 1.82) is 0 Å². The van der Waals surface area contributed by atoms with Gasteiger partial charge < -0.3 is 9.88 Å². The minimum atomic E-state index is -0.283. The molecule has 18 heavy (non-hydrogen) atoms. The molecule has 0 saturated heterocycles. The molecule has 2 rings (SSSR count). The van der Waals surface area contributed by atoms with Crippen molar-refractivity contribution in [3.8, 4) is 5.69 Å². The van der Waals surface area contributed by atoms with Crippen LogP contribution < -0.4 is 5.32 Å². The number of nitrogens with zero attached hydrogens (tertiary/aromatic N) is 2. The van der Waals surface area contributed by atoms with E-state index < -0.39 is 0 Å². The van der Waals surface area contributed by atoms with Gasteiger partial charge in [0.15, 0.2) is 0 Å². The number of imidazole rings is 1. The van der Waals surface area contributed by atoms with Crippen LogP contribution in [-0.4, -0.2) is 16.6 Å². The summed E-state index contributed by atoms with van der Waals surface area (Å²) in [5, 5.41) is 3.22. The molecule has 1 aromatic heterocycles. The highest BCUT2D eigenvalue weighted by atomic mass is 79.9. The number of rotatable bonds is 3. The second kappa shape index (κ2) is 4.82. The molecule has 0 atom stereocenters. The van der Waals surface area contributed by atoms with Gasteiger partial charge in [-0.05, 0) is 55.0 Å². The summed E-state index contributed by atoms with van der Waals surface area (Å²) in [6.07, 6.45) is 3.48. The van der Waals surface area contributed by atoms with Gasteiger partial charge in [-0.15, -0.1) is 0 Å². The summed E-state index contributed by atoms with van der Waals surface area (Å²) in [6, 6.07) is 5.03. The van der Waals surface area contributed by atoms with E-state index in [4.69, 9.17) is 0 Å². The molecule has 0 unspecified atom stereocenters. The Hall–Kier alpha value is -1.20. The maximum absolute atomic E-state index is 13.6. The lowest BCUT2D eigenvalue weighted by Crippen LogP contribution is -2.35. The SMILES string of the molecule is CNC(C)(C)c1cncn1-c1ccc(Br)c(F)c1. The number of halogens is 2. The standard InChI is InChI=1S/C13H15BrFN3/c1-13(2,16-3)12-7-17-8-18(12)9-4-5-10(14)11(15)6-9/h4-8,16H,1-3H3. The highest BCUT2D eigenvalue weighted by Crippen LogP contribution is 2.24. The van der Waals surface area contributed by atoms with Crippen molar-refractivity contribution >= 4 is 15.9 Å². The zero-order valence-electron chi connectivity index (χ0n) is 10.5. The summed E-state index contributed by atoms with van der Waals surface area (Å²) in [6.45, 7) is 4.10. The molecule has 0 radical (unpaired) electrons. The van der Waals surface area contributed by atoms with Crippen molar-refractivity contribution < 1.29 is 4.39 Å². The van der Waals surface area contributed by atoms with E-state index in [9.17, 15) is 4.39 Å². The summed E-state index contributed by atoms with van der Waals surface area (Å²) in [7, 11) is 1.89. The molecule has 2 aromatic rings. The summed E-state index contributed by atoms with van der Waals surface area (Å²) in [5.41, 5.74) is 1.50. The van der Waals surface area contributed by atoms with Crippen LogP contribution in [0.3, 0.4) is 0 Å². The van der Waals surface area contributed by atoms with Gasteiger partial charge in [0.25, 0.3) is 0 Å². The third-order valence-electron chi connectivity index (χ3n) is 3.09. The third-order valence-corrected chi connectivity index (χ3v) is 3.73. The Morgan fingerprint density at radius 2 is 2.11 bits per heavy atom. The van der Waals surface area contributed by atoms with E-state index in [2.05, 4.69) is 40.1 Å². The highest BCUT2D eigenvalue weighted by Gasteiger charge is 2.22. The average Bonchev–Trinajstić information content (AvgIpc) is 2.82. The summed E-state index contributed by atoms with van der Waals surface area (Å²) in [4.78, 5) is 4.15. The van der Waals surface area contributed by atoms with Crippen LogP contribution in [0.4, 0.5) is 4.39 Å². The van der Waals surface area contributed by atoms with Crippen molar-refractivity contribution in [2.75, 3.05) is 7.05 Å². The quantitative estimate of drug-likeness (QED) is 0.943. The Labute approximate surface area is 114 Å². The second-order valence-corrected chi connectivity index (χ2v) is 5.48. The summed E-state index contributed by atoms with van der Waals surface area (Å²) in [5.74, 6) is -0.283. The smallest absolute Gasteiger partial charge is 0.139 e. The average molecular weight is 312 g/mol. The molecule has 1 heterocycles. The first kappa shape index (κ1) is 13.2. The van der Waals surface area contributed by atoms with E-state index in [1.54, 1.807) is 18.6 Å². The van der Waals surface area contributed by atoms with Gasteiger partial charge in [-0.2, -0.15) is 0 Å². The molecular weight excluding hydrogens is 297 g/mol. The molecule has 0 spiro atoms. The Balaban J connectivity index is 2.52. The number of hydrogen-bond donors (Lipinski definition) is 1. The molecule has 1 N–H and O–H groups in total. The molecule has 0 bridgehead atoms. The maximum atomic E-state index is 13.6. The van der Waals surface area contributed by atoms with Crippen LogP contribution in [0.2, 0.25) is 0 Å². The topological polar surface area (TPSA) is 29.9 Å². The predicted molar refractivity (Wildman–Crippen MR) is 73.3 cm³/mol. The summed E-state index contributed by atoms with van der Waals surface area (Å²) >= 11 is 3.15. The van der Waals surface area contributed by atoms with Gasteiger partial charge in [-0.25, -0.2) is 9.37 Å². The van der Waals surface area contributed by atoms with Crippen LogP contribution in [-0.2, 0) is 5.54 Å². The minimum Gasteiger partial charge on any atom is -0.310 e. The van der Waals surface area contributed by atoms with Crippen LogP contribution in [0.1, 0.15) is 19.5 Å². The van der Waals surface area contributed by atoms with E-state index >= 15 is 0 Å². The number of hydrogen-bond acceptors (Lipinski definition) is 2. The Morgan fingerprint density at radius 1 is 1.39 bits per heavy atom. The molecule has 1 aromatic carbocycles. The monoisotopic (exact) mass is 311 g/mol. The normalized spacial score (nSPS) is 11.8. The van der Waals surface area contributed by atoms with E-state index in [-0.39, 0.29) is 11.4 Å². The second-order valence-electron chi connectivity index (χ2n) is 4.62. The number of aromatic nitrogens is 2. The van der Waals surface area contributed by atoms with Crippen LogP contribution >= 0.6 is 15.9 Å². The molecule has 0 saturated carbocycles. The molecule has 0 aliphatic rings. The number of nitrogens with one attached hydrogen (secondary N) is 1. The summed E-state index contributed by atoms with van der Waals surface area (Å²) < 4.78 is 15.9. The van der Waals surface area contributed by atoms with Gasteiger partial charge in [0.05, 0.1) is 28.2 Å². The van der Waals surface area contributed by atoms with Crippen molar-refractivity contribution in [1.82, 2.24) is 14.9 Å². The van der Waals surface area contributed by atoms with E-state index in [1.165, 1.54) is 6.07 Å². The van der Waals surface area contributed by atoms with Crippen molar-refractivity contribution in [2.24, 2.45) is 0 Å². The van der Waals surface area contributed by atoms with Crippen LogP contribution in [0.25, 0.3) is 5.69 Å². The molecule has 96 valence electrons. The fourth-order valence-electron chi connectivity index (χ4n) is 1.73. The van der Waals surface area contributed by atoms with E-state index in [1.807, 2.05) is 17.7 Å². The largest absolute Gasteiger partial charge is 0.310 e. The predicted octanol–water partition coefficient (Wildman–Crippen LogP) is 3.23. The lowest BCUT2D eigenvalue weighted by atomic mass is 10.0. The molecule has 0 amide bonds. The van der Waals surface area contributed by atoms with Gasteiger partial charge in [0.2, 0.25) is 0 Å². The lowest BCUT2D eigenvalue weighted by Gasteiger charge is -2.25. The third kappa shape index (κ3) is 2.33.